The van der Waals surface area contributed by atoms with Crippen LogP contribution in [0.25, 0.3) is 0 Å². The van der Waals surface area contributed by atoms with Crippen LogP contribution in [-0.4, -0.2) is 12.6 Å². The minimum Gasteiger partial charge on any atom is -0.303 e. The van der Waals surface area contributed by atoms with Gasteiger partial charge in [0, 0.05) is 10.8 Å². The summed E-state index contributed by atoms with van der Waals surface area (Å²) < 4.78 is 0. The third-order valence-corrected chi connectivity index (χ3v) is 6.69. The van der Waals surface area contributed by atoms with E-state index in [1.54, 1.807) is 0 Å². The fourth-order valence-corrected chi connectivity index (χ4v) is 5.05. The molecule has 0 saturated heterocycles. The molecule has 2 fully saturated rings. The van der Waals surface area contributed by atoms with E-state index in [-0.39, 0.29) is 22.7 Å². The molecule has 0 spiro atoms. The van der Waals surface area contributed by atoms with Gasteiger partial charge in [0.1, 0.15) is 12.6 Å². The maximum absolute atomic E-state index is 12.2. The molecule has 2 rings (SSSR count). The van der Waals surface area contributed by atoms with Crippen LogP contribution in [0.4, 0.5) is 0 Å². The Labute approximate surface area is 135 Å². The standard InChI is InChI=1S/C20H32O2/c1-5-15(2)7-9-17-16(3)8-10-18-19(4,13-21)11-6-12-20(17,18)14-22/h7,9,13-18H,5-6,8,10-12H2,1-4H3/b9-7-/t15-,16+,17+,18+,19-,20+/m1/s1. The highest BCUT2D eigenvalue weighted by molar-refractivity contribution is 5.67. The lowest BCUT2D eigenvalue weighted by Gasteiger charge is -2.56. The molecule has 0 aromatic heterocycles. The number of carbonyl (C=O) groups is 2. The van der Waals surface area contributed by atoms with Gasteiger partial charge in [-0.05, 0) is 49.4 Å². The van der Waals surface area contributed by atoms with Crippen LogP contribution in [0.5, 0.6) is 0 Å². The molecule has 0 heterocycles. The number of allylic oxidation sites excluding steroid dienone is 2. The Morgan fingerprint density at radius 3 is 2.50 bits per heavy atom. The van der Waals surface area contributed by atoms with Crippen LogP contribution in [0.3, 0.4) is 0 Å². The van der Waals surface area contributed by atoms with E-state index in [0.29, 0.717) is 11.8 Å². The smallest absolute Gasteiger partial charge is 0.127 e. The van der Waals surface area contributed by atoms with Crippen molar-refractivity contribution in [3.05, 3.63) is 12.2 Å². The molecule has 0 N–H and O–H groups in total. The zero-order valence-electron chi connectivity index (χ0n) is 14.7. The molecule has 0 amide bonds. The molecule has 0 bridgehead atoms. The van der Waals surface area contributed by atoms with Gasteiger partial charge >= 0.3 is 0 Å². The normalized spacial score (nSPS) is 43.5. The Morgan fingerprint density at radius 2 is 1.91 bits per heavy atom. The number of aldehydes is 2. The zero-order chi connectivity index (χ0) is 16.4. The minimum absolute atomic E-state index is 0.214. The summed E-state index contributed by atoms with van der Waals surface area (Å²) >= 11 is 0. The summed E-state index contributed by atoms with van der Waals surface area (Å²) in [6.07, 6.45) is 13.1. The van der Waals surface area contributed by atoms with Crippen molar-refractivity contribution in [1.82, 2.24) is 0 Å². The summed E-state index contributed by atoms with van der Waals surface area (Å²) in [4.78, 5) is 24.0. The summed E-state index contributed by atoms with van der Waals surface area (Å²) in [7, 11) is 0. The highest BCUT2D eigenvalue weighted by Crippen LogP contribution is 2.60. The van der Waals surface area contributed by atoms with Crippen molar-refractivity contribution < 1.29 is 9.59 Å². The molecule has 124 valence electrons. The van der Waals surface area contributed by atoms with Crippen molar-refractivity contribution in [2.45, 2.75) is 66.2 Å². The average Bonchev–Trinajstić information content (AvgIpc) is 2.53. The molecular formula is C20H32O2. The van der Waals surface area contributed by atoms with Gasteiger partial charge in [0.15, 0.2) is 0 Å². The van der Waals surface area contributed by atoms with Gasteiger partial charge in [-0.25, -0.2) is 0 Å². The van der Waals surface area contributed by atoms with Crippen molar-refractivity contribution in [3.63, 3.8) is 0 Å². The van der Waals surface area contributed by atoms with E-state index in [1.807, 2.05) is 0 Å². The lowest BCUT2D eigenvalue weighted by Crippen LogP contribution is -2.54. The van der Waals surface area contributed by atoms with Gasteiger partial charge in [0.25, 0.3) is 0 Å². The van der Waals surface area contributed by atoms with Crippen molar-refractivity contribution in [2.75, 3.05) is 0 Å². The van der Waals surface area contributed by atoms with Crippen LogP contribution in [0.15, 0.2) is 12.2 Å². The van der Waals surface area contributed by atoms with Gasteiger partial charge in [-0.1, -0.05) is 52.7 Å². The number of fused-ring (bicyclic) bond motifs is 1. The van der Waals surface area contributed by atoms with Crippen molar-refractivity contribution in [3.8, 4) is 0 Å². The number of rotatable bonds is 5. The van der Waals surface area contributed by atoms with E-state index in [9.17, 15) is 9.59 Å². The van der Waals surface area contributed by atoms with Crippen molar-refractivity contribution >= 4 is 12.6 Å². The highest BCUT2D eigenvalue weighted by atomic mass is 16.1. The van der Waals surface area contributed by atoms with Crippen LogP contribution >= 0.6 is 0 Å². The van der Waals surface area contributed by atoms with E-state index < -0.39 is 0 Å². The van der Waals surface area contributed by atoms with Crippen LogP contribution in [0.1, 0.15) is 66.2 Å². The van der Waals surface area contributed by atoms with Gasteiger partial charge in [0.05, 0.1) is 0 Å². The second-order valence-electron chi connectivity index (χ2n) is 8.11. The molecule has 0 aliphatic heterocycles. The first-order valence-corrected chi connectivity index (χ1v) is 9.04. The lowest BCUT2D eigenvalue weighted by molar-refractivity contribution is -0.147. The molecule has 0 radical (unpaired) electrons. The summed E-state index contributed by atoms with van der Waals surface area (Å²) in [5.74, 6) is 1.58. The molecule has 2 heteroatoms. The summed E-state index contributed by atoms with van der Waals surface area (Å²) in [5, 5.41) is 0. The van der Waals surface area contributed by atoms with Crippen molar-refractivity contribution in [2.24, 2.45) is 34.5 Å². The van der Waals surface area contributed by atoms with Gasteiger partial charge in [-0.15, -0.1) is 0 Å². The van der Waals surface area contributed by atoms with E-state index in [1.165, 1.54) is 6.29 Å². The third-order valence-electron chi connectivity index (χ3n) is 6.69. The SMILES string of the molecule is CC[C@@H](C)/C=C\[C@H]1[C@@H](C)CC[C@@H]2[C@]1(C=O)CCC[C@]2(C)C=O. The molecule has 2 nitrogen and oxygen atoms in total. The third kappa shape index (κ3) is 2.81. The lowest BCUT2D eigenvalue weighted by atomic mass is 9.46. The Bertz CT molecular complexity index is 441. The first-order valence-electron chi connectivity index (χ1n) is 9.04. The predicted molar refractivity (Wildman–Crippen MR) is 90.5 cm³/mol. The molecule has 0 aromatic rings. The molecule has 2 aliphatic carbocycles. The predicted octanol–water partition coefficient (Wildman–Crippen LogP) is 4.83. The fourth-order valence-electron chi connectivity index (χ4n) is 5.05. The topological polar surface area (TPSA) is 34.1 Å². The average molecular weight is 304 g/mol. The quantitative estimate of drug-likeness (QED) is 0.539. The maximum atomic E-state index is 12.2. The Kier molecular flexibility index (Phi) is 5.29. The maximum Gasteiger partial charge on any atom is 0.127 e. The van der Waals surface area contributed by atoms with E-state index >= 15 is 0 Å². The zero-order valence-corrected chi connectivity index (χ0v) is 14.7. The number of carbonyl (C=O) groups excluding carboxylic acids is 2. The summed E-state index contributed by atoms with van der Waals surface area (Å²) in [6.45, 7) is 8.78. The number of hydrogen-bond donors (Lipinski definition) is 0. The van der Waals surface area contributed by atoms with E-state index in [4.69, 9.17) is 0 Å². The summed E-state index contributed by atoms with van der Waals surface area (Å²) in [6, 6.07) is 0. The Morgan fingerprint density at radius 1 is 1.18 bits per heavy atom. The van der Waals surface area contributed by atoms with Crippen LogP contribution < -0.4 is 0 Å². The molecule has 0 aromatic carbocycles. The number of hydrogen-bond acceptors (Lipinski definition) is 2. The monoisotopic (exact) mass is 304 g/mol. The van der Waals surface area contributed by atoms with Crippen LogP contribution in [0.2, 0.25) is 0 Å². The van der Waals surface area contributed by atoms with Gasteiger partial charge in [-0.3, -0.25) is 0 Å². The van der Waals surface area contributed by atoms with Gasteiger partial charge < -0.3 is 9.59 Å². The Balaban J connectivity index is 2.40. The molecule has 0 unspecified atom stereocenters. The second-order valence-corrected chi connectivity index (χ2v) is 8.11. The van der Waals surface area contributed by atoms with E-state index in [2.05, 4.69) is 39.8 Å². The molecule has 2 aliphatic rings. The Hall–Kier alpha value is -0.920. The summed E-state index contributed by atoms with van der Waals surface area (Å²) in [5.41, 5.74) is -0.642. The second kappa shape index (κ2) is 6.68. The highest BCUT2D eigenvalue weighted by Gasteiger charge is 2.57. The van der Waals surface area contributed by atoms with Crippen LogP contribution in [0, 0.1) is 34.5 Å². The molecular weight excluding hydrogens is 272 g/mol. The first kappa shape index (κ1) is 17.4. The molecule has 2 saturated carbocycles. The van der Waals surface area contributed by atoms with Gasteiger partial charge in [0.2, 0.25) is 0 Å². The molecule has 6 atom stereocenters. The minimum atomic E-state index is -0.324. The van der Waals surface area contributed by atoms with E-state index in [0.717, 1.165) is 44.8 Å². The fraction of sp³-hybridized carbons (Fsp3) is 0.800. The molecule has 22 heavy (non-hydrogen) atoms. The van der Waals surface area contributed by atoms with Crippen LogP contribution in [-0.2, 0) is 9.59 Å². The largest absolute Gasteiger partial charge is 0.303 e. The van der Waals surface area contributed by atoms with Crippen molar-refractivity contribution in [1.29, 1.82) is 0 Å². The van der Waals surface area contributed by atoms with Gasteiger partial charge in [-0.2, -0.15) is 0 Å². The first-order chi connectivity index (χ1) is 10.4.